The summed E-state index contributed by atoms with van der Waals surface area (Å²) in [6, 6.07) is 5.60. The lowest BCUT2D eigenvalue weighted by molar-refractivity contribution is -0.131. The molecule has 104 valence electrons. The molecule has 2 rings (SSSR count). The molecule has 1 heterocycles. The molecule has 2 unspecified atom stereocenters. The summed E-state index contributed by atoms with van der Waals surface area (Å²) >= 11 is 3.55. The van der Waals surface area contributed by atoms with Crippen LogP contribution in [0.25, 0.3) is 0 Å². The SMILES string of the molecule is COc1ccc(Br)c(C2C(N)CCCC(=O)N2C)c1. The highest BCUT2D eigenvalue weighted by Crippen LogP contribution is 2.35. The minimum Gasteiger partial charge on any atom is -0.497 e. The van der Waals surface area contributed by atoms with Gasteiger partial charge in [0.15, 0.2) is 0 Å². The van der Waals surface area contributed by atoms with Gasteiger partial charge in [-0.1, -0.05) is 15.9 Å². The lowest BCUT2D eigenvalue weighted by atomic mass is 9.96. The predicted molar refractivity (Wildman–Crippen MR) is 78.0 cm³/mol. The smallest absolute Gasteiger partial charge is 0.222 e. The van der Waals surface area contributed by atoms with Gasteiger partial charge in [-0.2, -0.15) is 0 Å². The van der Waals surface area contributed by atoms with Crippen LogP contribution in [-0.4, -0.2) is 31.0 Å². The largest absolute Gasteiger partial charge is 0.497 e. The van der Waals surface area contributed by atoms with E-state index in [0.717, 1.165) is 28.6 Å². The van der Waals surface area contributed by atoms with Crippen LogP contribution >= 0.6 is 15.9 Å². The highest BCUT2D eigenvalue weighted by molar-refractivity contribution is 9.10. The Kier molecular flexibility index (Phi) is 4.47. The molecular formula is C14H19BrN2O2. The van der Waals surface area contributed by atoms with Crippen LogP contribution in [0, 0.1) is 0 Å². The molecule has 2 atom stereocenters. The highest BCUT2D eigenvalue weighted by atomic mass is 79.9. The molecule has 2 N–H and O–H groups in total. The number of nitrogens with zero attached hydrogens (tertiary/aromatic N) is 1. The Labute approximate surface area is 122 Å². The van der Waals surface area contributed by atoms with Crippen molar-refractivity contribution < 1.29 is 9.53 Å². The van der Waals surface area contributed by atoms with Crippen molar-refractivity contribution in [1.82, 2.24) is 4.90 Å². The normalized spacial score (nSPS) is 24.2. The van der Waals surface area contributed by atoms with Crippen molar-refractivity contribution in [3.63, 3.8) is 0 Å². The summed E-state index contributed by atoms with van der Waals surface area (Å²) in [5, 5.41) is 0. The lowest BCUT2D eigenvalue weighted by Gasteiger charge is -2.31. The number of carbonyl (C=O) groups is 1. The van der Waals surface area contributed by atoms with Crippen LogP contribution in [0.5, 0.6) is 5.75 Å². The number of hydrogen-bond donors (Lipinski definition) is 1. The fraction of sp³-hybridized carbons (Fsp3) is 0.500. The van der Waals surface area contributed by atoms with Gasteiger partial charge in [-0.05, 0) is 36.6 Å². The molecule has 4 nitrogen and oxygen atoms in total. The second kappa shape index (κ2) is 5.92. The Morgan fingerprint density at radius 3 is 2.89 bits per heavy atom. The highest BCUT2D eigenvalue weighted by Gasteiger charge is 2.31. The standard InChI is InChI=1S/C14H19BrN2O2/c1-17-13(18)5-3-4-12(16)14(17)10-8-9(19-2)6-7-11(10)15/h6-8,12,14H,3-5,16H2,1-2H3. The van der Waals surface area contributed by atoms with Crippen molar-refractivity contribution in [2.24, 2.45) is 5.73 Å². The fourth-order valence-electron chi connectivity index (χ4n) is 2.58. The van der Waals surface area contributed by atoms with E-state index in [4.69, 9.17) is 10.5 Å². The molecule has 0 bridgehead atoms. The van der Waals surface area contributed by atoms with E-state index in [0.29, 0.717) is 6.42 Å². The van der Waals surface area contributed by atoms with Gasteiger partial charge in [-0.25, -0.2) is 0 Å². The number of nitrogens with two attached hydrogens (primary N) is 1. The summed E-state index contributed by atoms with van der Waals surface area (Å²) in [5.74, 6) is 0.920. The quantitative estimate of drug-likeness (QED) is 0.908. The van der Waals surface area contributed by atoms with Gasteiger partial charge in [0.05, 0.1) is 13.2 Å². The zero-order valence-electron chi connectivity index (χ0n) is 11.2. The maximum Gasteiger partial charge on any atom is 0.222 e. The van der Waals surface area contributed by atoms with Crippen molar-refractivity contribution in [3.05, 3.63) is 28.2 Å². The molecule has 1 amide bonds. The van der Waals surface area contributed by atoms with Gasteiger partial charge in [0, 0.05) is 24.0 Å². The maximum atomic E-state index is 12.0. The topological polar surface area (TPSA) is 55.6 Å². The first-order valence-electron chi connectivity index (χ1n) is 6.39. The predicted octanol–water partition coefficient (Wildman–Crippen LogP) is 2.47. The van der Waals surface area contributed by atoms with Crippen LogP contribution in [0.15, 0.2) is 22.7 Å². The van der Waals surface area contributed by atoms with Gasteiger partial charge in [0.2, 0.25) is 5.91 Å². The van der Waals surface area contributed by atoms with Crippen LogP contribution in [0.3, 0.4) is 0 Å². The first-order chi connectivity index (χ1) is 9.04. The van der Waals surface area contributed by atoms with Crippen LogP contribution in [0.2, 0.25) is 0 Å². The molecule has 1 fully saturated rings. The van der Waals surface area contributed by atoms with E-state index in [1.807, 2.05) is 25.2 Å². The molecule has 0 aromatic heterocycles. The second-order valence-corrected chi connectivity index (χ2v) is 5.75. The van der Waals surface area contributed by atoms with Crippen molar-refractivity contribution in [2.75, 3.05) is 14.2 Å². The average molecular weight is 327 g/mol. The van der Waals surface area contributed by atoms with Crippen molar-refractivity contribution in [2.45, 2.75) is 31.3 Å². The Bertz CT molecular complexity index is 479. The summed E-state index contributed by atoms with van der Waals surface area (Å²) < 4.78 is 6.22. The van der Waals surface area contributed by atoms with E-state index in [2.05, 4.69) is 15.9 Å². The number of benzene rings is 1. The number of rotatable bonds is 2. The molecule has 0 aliphatic carbocycles. The fourth-order valence-corrected chi connectivity index (χ4v) is 3.06. The monoisotopic (exact) mass is 326 g/mol. The van der Waals surface area contributed by atoms with E-state index < -0.39 is 0 Å². The minimum absolute atomic E-state index is 0.0557. The first-order valence-corrected chi connectivity index (χ1v) is 7.18. The first kappa shape index (κ1) is 14.3. The summed E-state index contributed by atoms with van der Waals surface area (Å²) in [7, 11) is 3.46. The summed E-state index contributed by atoms with van der Waals surface area (Å²) in [6.45, 7) is 0. The third-order valence-corrected chi connectivity index (χ3v) is 4.39. The molecule has 1 aliphatic rings. The number of likely N-dealkylation sites (tertiary alicyclic amines) is 1. The molecule has 1 aromatic rings. The molecule has 1 aromatic carbocycles. The van der Waals surface area contributed by atoms with E-state index in [9.17, 15) is 4.79 Å². The Balaban J connectivity index is 2.44. The van der Waals surface area contributed by atoms with Gasteiger partial charge in [-0.3, -0.25) is 4.79 Å². The van der Waals surface area contributed by atoms with Crippen LogP contribution in [0.4, 0.5) is 0 Å². The summed E-state index contributed by atoms with van der Waals surface area (Å²) in [4.78, 5) is 13.8. The van der Waals surface area contributed by atoms with E-state index in [-0.39, 0.29) is 18.0 Å². The van der Waals surface area contributed by atoms with Gasteiger partial charge in [0.25, 0.3) is 0 Å². The minimum atomic E-state index is -0.112. The van der Waals surface area contributed by atoms with E-state index in [1.54, 1.807) is 12.0 Å². The Morgan fingerprint density at radius 2 is 2.21 bits per heavy atom. The number of ether oxygens (including phenoxy) is 1. The van der Waals surface area contributed by atoms with Crippen molar-refractivity contribution in [1.29, 1.82) is 0 Å². The third kappa shape index (κ3) is 2.92. The van der Waals surface area contributed by atoms with Gasteiger partial charge in [-0.15, -0.1) is 0 Å². The molecular weight excluding hydrogens is 308 g/mol. The number of likely N-dealkylation sites (N-methyl/N-ethyl adjacent to an activating group) is 1. The van der Waals surface area contributed by atoms with Crippen LogP contribution in [-0.2, 0) is 4.79 Å². The molecule has 5 heteroatoms. The molecule has 0 spiro atoms. The summed E-state index contributed by atoms with van der Waals surface area (Å²) in [5.41, 5.74) is 7.27. The second-order valence-electron chi connectivity index (χ2n) is 4.89. The van der Waals surface area contributed by atoms with Gasteiger partial charge >= 0.3 is 0 Å². The summed E-state index contributed by atoms with van der Waals surface area (Å²) in [6.07, 6.45) is 2.27. The lowest BCUT2D eigenvalue weighted by Crippen LogP contribution is -2.40. The number of hydrogen-bond acceptors (Lipinski definition) is 3. The van der Waals surface area contributed by atoms with E-state index in [1.165, 1.54) is 0 Å². The number of amides is 1. The average Bonchev–Trinajstić information content (AvgIpc) is 2.51. The molecule has 0 radical (unpaired) electrons. The number of halogens is 1. The van der Waals surface area contributed by atoms with Gasteiger partial charge < -0.3 is 15.4 Å². The molecule has 0 saturated carbocycles. The van der Waals surface area contributed by atoms with Gasteiger partial charge in [0.1, 0.15) is 5.75 Å². The zero-order chi connectivity index (χ0) is 14.0. The van der Waals surface area contributed by atoms with Crippen LogP contribution < -0.4 is 10.5 Å². The third-order valence-electron chi connectivity index (χ3n) is 3.67. The van der Waals surface area contributed by atoms with E-state index >= 15 is 0 Å². The van der Waals surface area contributed by atoms with Crippen molar-refractivity contribution in [3.8, 4) is 5.75 Å². The van der Waals surface area contributed by atoms with Crippen molar-refractivity contribution >= 4 is 21.8 Å². The maximum absolute atomic E-state index is 12.0. The number of carbonyl (C=O) groups excluding carboxylic acids is 1. The molecule has 1 aliphatic heterocycles. The van der Waals surface area contributed by atoms with Crippen LogP contribution in [0.1, 0.15) is 30.9 Å². The number of methoxy groups -OCH3 is 1. The molecule has 19 heavy (non-hydrogen) atoms. The zero-order valence-corrected chi connectivity index (χ0v) is 12.8. The Morgan fingerprint density at radius 1 is 1.47 bits per heavy atom. The Hall–Kier alpha value is -1.07. The molecule has 1 saturated heterocycles.